The number of aryl methyl sites for hydroxylation is 1. The van der Waals surface area contributed by atoms with Crippen LogP contribution in [-0.4, -0.2) is 35.6 Å². The number of carbonyl (C=O) groups is 1. The van der Waals surface area contributed by atoms with Gasteiger partial charge in [0.2, 0.25) is 5.91 Å². The summed E-state index contributed by atoms with van der Waals surface area (Å²) in [5.41, 5.74) is 0.856. The van der Waals surface area contributed by atoms with Crippen molar-refractivity contribution in [2.75, 3.05) is 19.6 Å². The summed E-state index contributed by atoms with van der Waals surface area (Å²) in [5.74, 6) is 0.899. The van der Waals surface area contributed by atoms with Gasteiger partial charge in [-0.05, 0) is 19.8 Å². The van der Waals surface area contributed by atoms with E-state index < -0.39 is 0 Å². The molecule has 1 aliphatic heterocycles. The summed E-state index contributed by atoms with van der Waals surface area (Å²) in [6.45, 7) is 7.28. The minimum Gasteiger partial charge on any atom is -0.359 e. The lowest BCUT2D eigenvalue weighted by molar-refractivity contribution is -0.131. The van der Waals surface area contributed by atoms with Crippen LogP contribution < -0.4 is 5.32 Å². The first-order chi connectivity index (χ1) is 8.72. The van der Waals surface area contributed by atoms with Gasteiger partial charge in [0.05, 0.1) is 18.3 Å². The summed E-state index contributed by atoms with van der Waals surface area (Å²) in [6, 6.07) is 1.96. The fraction of sp³-hybridized carbons (Fsp3) is 0.538. The first-order valence-electron chi connectivity index (χ1n) is 6.26. The van der Waals surface area contributed by atoms with Gasteiger partial charge in [0.15, 0.2) is 5.76 Å². The Labute approximate surface area is 107 Å². The number of carbonyl (C=O) groups excluding carboxylic acids is 1. The van der Waals surface area contributed by atoms with E-state index in [-0.39, 0.29) is 11.9 Å². The Balaban J connectivity index is 1.98. The van der Waals surface area contributed by atoms with E-state index in [1.54, 1.807) is 6.08 Å². The Hall–Kier alpha value is -1.62. The summed E-state index contributed by atoms with van der Waals surface area (Å²) in [4.78, 5) is 13.9. The molecule has 5 heteroatoms. The van der Waals surface area contributed by atoms with Crippen molar-refractivity contribution in [2.24, 2.45) is 0 Å². The van der Waals surface area contributed by atoms with Crippen molar-refractivity contribution in [1.82, 2.24) is 15.4 Å². The largest absolute Gasteiger partial charge is 0.359 e. The number of rotatable bonds is 5. The molecule has 1 amide bonds. The van der Waals surface area contributed by atoms with Gasteiger partial charge in [-0.15, -0.1) is 6.58 Å². The van der Waals surface area contributed by atoms with Gasteiger partial charge in [0, 0.05) is 19.2 Å². The second-order valence-electron chi connectivity index (χ2n) is 4.54. The minimum atomic E-state index is 0.0456. The smallest absolute Gasteiger partial charge is 0.237 e. The van der Waals surface area contributed by atoms with E-state index in [9.17, 15) is 4.79 Å². The summed E-state index contributed by atoms with van der Waals surface area (Å²) >= 11 is 0. The number of aromatic nitrogens is 1. The highest BCUT2D eigenvalue weighted by Crippen LogP contribution is 2.31. The van der Waals surface area contributed by atoms with Crippen LogP contribution in [0.25, 0.3) is 0 Å². The summed E-state index contributed by atoms with van der Waals surface area (Å²) < 4.78 is 5.27. The van der Waals surface area contributed by atoms with Crippen molar-refractivity contribution >= 4 is 5.91 Å². The third-order valence-corrected chi connectivity index (χ3v) is 3.11. The topological polar surface area (TPSA) is 58.4 Å². The molecule has 98 valence electrons. The fourth-order valence-corrected chi connectivity index (χ4v) is 2.28. The van der Waals surface area contributed by atoms with Gasteiger partial charge >= 0.3 is 0 Å². The molecule has 1 aliphatic rings. The van der Waals surface area contributed by atoms with E-state index in [0.29, 0.717) is 13.1 Å². The third kappa shape index (κ3) is 2.79. The van der Waals surface area contributed by atoms with Gasteiger partial charge in [-0.2, -0.15) is 0 Å². The van der Waals surface area contributed by atoms with Crippen molar-refractivity contribution in [3.63, 3.8) is 0 Å². The van der Waals surface area contributed by atoms with Crippen LogP contribution >= 0.6 is 0 Å². The first kappa shape index (κ1) is 12.8. The Morgan fingerprint density at radius 1 is 1.78 bits per heavy atom. The van der Waals surface area contributed by atoms with Crippen molar-refractivity contribution < 1.29 is 9.32 Å². The van der Waals surface area contributed by atoms with Gasteiger partial charge in [0.1, 0.15) is 0 Å². The number of nitrogens with zero attached hydrogens (tertiary/aromatic N) is 2. The van der Waals surface area contributed by atoms with E-state index in [2.05, 4.69) is 17.1 Å². The number of hydrogen-bond acceptors (Lipinski definition) is 4. The summed E-state index contributed by atoms with van der Waals surface area (Å²) in [5, 5.41) is 6.92. The van der Waals surface area contributed by atoms with Crippen molar-refractivity contribution in [3.8, 4) is 0 Å². The van der Waals surface area contributed by atoms with Crippen molar-refractivity contribution in [1.29, 1.82) is 0 Å². The molecule has 18 heavy (non-hydrogen) atoms. The van der Waals surface area contributed by atoms with Crippen molar-refractivity contribution in [3.05, 3.63) is 30.2 Å². The standard InChI is InChI=1S/C13H19N3O2/c1-3-6-14-9-13(17)16-7-4-5-11(16)12-8-10(2)15-18-12/h3,8,11,14H,1,4-7,9H2,2H3. The second-order valence-corrected chi connectivity index (χ2v) is 4.54. The number of likely N-dealkylation sites (tertiary alicyclic amines) is 1. The molecule has 1 unspecified atom stereocenters. The van der Waals surface area contributed by atoms with Crippen LogP contribution in [-0.2, 0) is 4.79 Å². The highest BCUT2D eigenvalue weighted by Gasteiger charge is 2.32. The van der Waals surface area contributed by atoms with Crippen LogP contribution in [0, 0.1) is 6.92 Å². The zero-order chi connectivity index (χ0) is 13.0. The molecule has 0 aromatic carbocycles. The van der Waals surface area contributed by atoms with E-state index in [1.165, 1.54) is 0 Å². The monoisotopic (exact) mass is 249 g/mol. The normalized spacial score (nSPS) is 19.2. The molecule has 1 fully saturated rings. The molecule has 1 atom stereocenters. The molecular formula is C13H19N3O2. The van der Waals surface area contributed by atoms with Gasteiger partial charge in [0.25, 0.3) is 0 Å². The van der Waals surface area contributed by atoms with Gasteiger partial charge in [-0.1, -0.05) is 11.2 Å². The van der Waals surface area contributed by atoms with Crippen LogP contribution in [0.1, 0.15) is 30.3 Å². The van der Waals surface area contributed by atoms with E-state index in [1.807, 2.05) is 17.9 Å². The zero-order valence-electron chi connectivity index (χ0n) is 10.7. The number of nitrogens with one attached hydrogen (secondary N) is 1. The predicted octanol–water partition coefficient (Wildman–Crippen LogP) is 1.42. The lowest BCUT2D eigenvalue weighted by Gasteiger charge is -2.22. The molecular weight excluding hydrogens is 230 g/mol. The molecule has 0 aliphatic carbocycles. The lowest BCUT2D eigenvalue weighted by Crippen LogP contribution is -2.37. The van der Waals surface area contributed by atoms with E-state index in [0.717, 1.165) is 30.8 Å². The van der Waals surface area contributed by atoms with Gasteiger partial charge in [-0.3, -0.25) is 4.79 Å². The summed E-state index contributed by atoms with van der Waals surface area (Å²) in [6.07, 6.45) is 3.70. The van der Waals surface area contributed by atoms with Crippen LogP contribution in [0.3, 0.4) is 0 Å². The Bertz CT molecular complexity index is 428. The average Bonchev–Trinajstić information content (AvgIpc) is 2.97. The highest BCUT2D eigenvalue weighted by atomic mass is 16.5. The third-order valence-electron chi connectivity index (χ3n) is 3.11. The SMILES string of the molecule is C=CCNCC(=O)N1CCCC1c1cc(C)no1. The Morgan fingerprint density at radius 2 is 2.61 bits per heavy atom. The fourth-order valence-electron chi connectivity index (χ4n) is 2.28. The number of hydrogen-bond donors (Lipinski definition) is 1. The first-order valence-corrected chi connectivity index (χ1v) is 6.26. The van der Waals surface area contributed by atoms with Crippen LogP contribution in [0.5, 0.6) is 0 Å². The molecule has 0 radical (unpaired) electrons. The van der Waals surface area contributed by atoms with E-state index >= 15 is 0 Å². The maximum atomic E-state index is 12.1. The molecule has 1 aromatic rings. The maximum Gasteiger partial charge on any atom is 0.237 e. The quantitative estimate of drug-likeness (QED) is 0.633. The predicted molar refractivity (Wildman–Crippen MR) is 68.0 cm³/mol. The lowest BCUT2D eigenvalue weighted by atomic mass is 10.1. The number of amides is 1. The summed E-state index contributed by atoms with van der Waals surface area (Å²) in [7, 11) is 0. The van der Waals surface area contributed by atoms with Crippen LogP contribution in [0.15, 0.2) is 23.2 Å². The highest BCUT2D eigenvalue weighted by molar-refractivity contribution is 5.79. The van der Waals surface area contributed by atoms with Crippen LogP contribution in [0.4, 0.5) is 0 Å². The minimum absolute atomic E-state index is 0.0456. The van der Waals surface area contributed by atoms with E-state index in [4.69, 9.17) is 4.52 Å². The molecule has 1 N–H and O–H groups in total. The molecule has 1 aromatic heterocycles. The molecule has 0 bridgehead atoms. The maximum absolute atomic E-state index is 12.1. The Morgan fingerprint density at radius 3 is 3.28 bits per heavy atom. The van der Waals surface area contributed by atoms with Gasteiger partial charge < -0.3 is 14.7 Å². The molecule has 1 saturated heterocycles. The zero-order valence-corrected chi connectivity index (χ0v) is 10.7. The molecule has 0 saturated carbocycles. The molecule has 0 spiro atoms. The average molecular weight is 249 g/mol. The molecule has 2 rings (SSSR count). The molecule has 5 nitrogen and oxygen atoms in total. The second kappa shape index (κ2) is 5.82. The van der Waals surface area contributed by atoms with Crippen LogP contribution in [0.2, 0.25) is 0 Å². The Kier molecular flexibility index (Phi) is 4.15. The van der Waals surface area contributed by atoms with Gasteiger partial charge in [-0.25, -0.2) is 0 Å². The molecule has 2 heterocycles. The van der Waals surface area contributed by atoms with Crippen molar-refractivity contribution in [2.45, 2.75) is 25.8 Å².